The van der Waals surface area contributed by atoms with Crippen LogP contribution in [0.4, 0.5) is 10.5 Å². The van der Waals surface area contributed by atoms with Gasteiger partial charge in [0.25, 0.3) is 0 Å². The fraction of sp³-hybridized carbons (Fsp3) is 0.417. The number of urea groups is 1. The Bertz CT molecular complexity index is 927. The first-order valence-electron chi connectivity index (χ1n) is 10.3. The SMILES string of the molecule is CCc1ccc(N2CCN(Cc3cc(C)c(OC(C)(C)C(=O)O)c(C)c3)C2=O)cc1. The van der Waals surface area contributed by atoms with Gasteiger partial charge in [-0.2, -0.15) is 0 Å². The van der Waals surface area contributed by atoms with Crippen LogP contribution in [-0.4, -0.2) is 40.7 Å². The molecule has 30 heavy (non-hydrogen) atoms. The maximum atomic E-state index is 12.9. The minimum Gasteiger partial charge on any atom is -0.478 e. The zero-order chi connectivity index (χ0) is 22.1. The minimum absolute atomic E-state index is 0.00175. The molecular weight excluding hydrogens is 380 g/mol. The van der Waals surface area contributed by atoms with Gasteiger partial charge < -0.3 is 14.7 Å². The summed E-state index contributed by atoms with van der Waals surface area (Å²) in [5, 5.41) is 9.33. The quantitative estimate of drug-likeness (QED) is 0.727. The van der Waals surface area contributed by atoms with Crippen molar-refractivity contribution < 1.29 is 19.4 Å². The first-order chi connectivity index (χ1) is 14.1. The summed E-state index contributed by atoms with van der Waals surface area (Å²) in [5.41, 5.74) is 3.58. The zero-order valence-electron chi connectivity index (χ0n) is 18.4. The van der Waals surface area contributed by atoms with Crippen LogP contribution in [-0.2, 0) is 17.8 Å². The summed E-state index contributed by atoms with van der Waals surface area (Å²) in [7, 11) is 0. The van der Waals surface area contributed by atoms with Crippen LogP contribution >= 0.6 is 0 Å². The van der Waals surface area contributed by atoms with E-state index in [1.54, 1.807) is 0 Å². The van der Waals surface area contributed by atoms with Gasteiger partial charge in [-0.05, 0) is 68.5 Å². The van der Waals surface area contributed by atoms with Crippen molar-refractivity contribution >= 4 is 17.7 Å². The average molecular weight is 411 g/mol. The van der Waals surface area contributed by atoms with Crippen LogP contribution in [0.1, 0.15) is 43.0 Å². The Morgan fingerprint density at radius 2 is 1.67 bits per heavy atom. The van der Waals surface area contributed by atoms with Crippen molar-refractivity contribution in [1.29, 1.82) is 0 Å². The lowest BCUT2D eigenvalue weighted by molar-refractivity contribution is -0.152. The number of benzene rings is 2. The topological polar surface area (TPSA) is 70.1 Å². The van der Waals surface area contributed by atoms with Gasteiger partial charge in [-0.3, -0.25) is 4.90 Å². The molecule has 0 aromatic heterocycles. The molecular formula is C24H30N2O4. The van der Waals surface area contributed by atoms with Gasteiger partial charge in [-0.1, -0.05) is 31.2 Å². The Labute approximate surface area is 178 Å². The number of carbonyl (C=O) groups is 2. The van der Waals surface area contributed by atoms with Gasteiger partial charge in [0.1, 0.15) is 5.75 Å². The Hall–Kier alpha value is -3.02. The van der Waals surface area contributed by atoms with Crippen molar-refractivity contribution in [1.82, 2.24) is 4.90 Å². The van der Waals surface area contributed by atoms with Crippen LogP contribution in [0.25, 0.3) is 0 Å². The second kappa shape index (κ2) is 8.38. The van der Waals surface area contributed by atoms with Crippen molar-refractivity contribution in [2.45, 2.75) is 53.2 Å². The van der Waals surface area contributed by atoms with E-state index in [1.165, 1.54) is 19.4 Å². The van der Waals surface area contributed by atoms with Crippen molar-refractivity contribution in [2.75, 3.05) is 18.0 Å². The van der Waals surface area contributed by atoms with E-state index in [9.17, 15) is 14.7 Å². The van der Waals surface area contributed by atoms with E-state index in [1.807, 2.05) is 47.9 Å². The van der Waals surface area contributed by atoms with Crippen LogP contribution in [0, 0.1) is 13.8 Å². The van der Waals surface area contributed by atoms with E-state index in [4.69, 9.17) is 4.74 Å². The molecule has 0 spiro atoms. The van der Waals surface area contributed by atoms with Gasteiger partial charge >= 0.3 is 12.0 Å². The van der Waals surface area contributed by atoms with E-state index in [0.717, 1.165) is 28.8 Å². The summed E-state index contributed by atoms with van der Waals surface area (Å²) in [5.74, 6) is -0.434. The van der Waals surface area contributed by atoms with Crippen LogP contribution in [0.3, 0.4) is 0 Å². The second-order valence-electron chi connectivity index (χ2n) is 8.35. The highest BCUT2D eigenvalue weighted by Crippen LogP contribution is 2.30. The number of carbonyl (C=O) groups excluding carboxylic acids is 1. The van der Waals surface area contributed by atoms with Gasteiger partial charge in [0.2, 0.25) is 0 Å². The molecule has 0 aliphatic carbocycles. The van der Waals surface area contributed by atoms with E-state index in [-0.39, 0.29) is 6.03 Å². The van der Waals surface area contributed by atoms with Crippen LogP contribution < -0.4 is 9.64 Å². The van der Waals surface area contributed by atoms with Gasteiger partial charge in [0.05, 0.1) is 0 Å². The molecule has 0 saturated carbocycles. The number of aliphatic carboxylic acids is 1. The Kier molecular flexibility index (Phi) is 6.06. The molecule has 1 saturated heterocycles. The first kappa shape index (κ1) is 21.7. The number of nitrogens with zero attached hydrogens (tertiary/aromatic N) is 2. The van der Waals surface area contributed by atoms with Gasteiger partial charge in [0, 0.05) is 25.3 Å². The van der Waals surface area contributed by atoms with E-state index in [2.05, 4.69) is 19.1 Å². The van der Waals surface area contributed by atoms with E-state index in [0.29, 0.717) is 25.4 Å². The third-order valence-electron chi connectivity index (χ3n) is 5.52. The van der Waals surface area contributed by atoms with Crippen molar-refractivity contribution in [3.8, 4) is 5.75 Å². The van der Waals surface area contributed by atoms with E-state index < -0.39 is 11.6 Å². The number of rotatable bonds is 7. The number of amides is 2. The zero-order valence-corrected chi connectivity index (χ0v) is 18.4. The summed E-state index contributed by atoms with van der Waals surface area (Å²) < 4.78 is 5.78. The monoisotopic (exact) mass is 410 g/mol. The Balaban J connectivity index is 1.73. The average Bonchev–Trinajstić information content (AvgIpc) is 3.05. The summed E-state index contributed by atoms with van der Waals surface area (Å²) in [6.07, 6.45) is 0.975. The summed E-state index contributed by atoms with van der Waals surface area (Å²) in [4.78, 5) is 28.0. The third kappa shape index (κ3) is 4.42. The highest BCUT2D eigenvalue weighted by molar-refractivity contribution is 5.94. The van der Waals surface area contributed by atoms with Gasteiger partial charge in [-0.25, -0.2) is 9.59 Å². The molecule has 1 aliphatic heterocycles. The van der Waals surface area contributed by atoms with E-state index >= 15 is 0 Å². The molecule has 1 fully saturated rings. The predicted octanol–water partition coefficient (Wildman–Crippen LogP) is 4.55. The molecule has 2 aromatic rings. The number of ether oxygens (including phenoxy) is 1. The summed E-state index contributed by atoms with van der Waals surface area (Å²) in [6.45, 7) is 10.8. The number of aryl methyl sites for hydroxylation is 3. The molecule has 0 unspecified atom stereocenters. The summed E-state index contributed by atoms with van der Waals surface area (Å²) >= 11 is 0. The Morgan fingerprint density at radius 1 is 1.07 bits per heavy atom. The lowest BCUT2D eigenvalue weighted by Crippen LogP contribution is -2.38. The van der Waals surface area contributed by atoms with Crippen LogP contribution in [0.2, 0.25) is 0 Å². The fourth-order valence-electron chi connectivity index (χ4n) is 3.69. The standard InChI is InChI=1S/C24H30N2O4/c1-6-18-7-9-20(10-8-18)26-12-11-25(23(26)29)15-19-13-16(2)21(17(3)14-19)30-24(4,5)22(27)28/h7-10,13-14H,6,11-12,15H2,1-5H3,(H,27,28). The molecule has 160 valence electrons. The number of carboxylic acid groups (broad SMARTS) is 1. The summed E-state index contributed by atoms with van der Waals surface area (Å²) in [6, 6.07) is 12.1. The highest BCUT2D eigenvalue weighted by Gasteiger charge is 2.32. The molecule has 1 N–H and O–H groups in total. The van der Waals surface area contributed by atoms with Crippen molar-refractivity contribution in [3.05, 3.63) is 58.7 Å². The molecule has 2 aromatic carbocycles. The molecule has 3 rings (SSSR count). The smallest absolute Gasteiger partial charge is 0.347 e. The number of hydrogen-bond donors (Lipinski definition) is 1. The Morgan fingerprint density at radius 3 is 2.20 bits per heavy atom. The third-order valence-corrected chi connectivity index (χ3v) is 5.52. The fourth-order valence-corrected chi connectivity index (χ4v) is 3.69. The van der Waals surface area contributed by atoms with Crippen LogP contribution in [0.5, 0.6) is 5.75 Å². The highest BCUT2D eigenvalue weighted by atomic mass is 16.5. The number of anilines is 1. The predicted molar refractivity (Wildman–Crippen MR) is 117 cm³/mol. The van der Waals surface area contributed by atoms with Crippen molar-refractivity contribution in [3.63, 3.8) is 0 Å². The molecule has 0 radical (unpaired) electrons. The van der Waals surface area contributed by atoms with Crippen molar-refractivity contribution in [2.24, 2.45) is 0 Å². The molecule has 0 atom stereocenters. The second-order valence-corrected chi connectivity index (χ2v) is 8.35. The number of carboxylic acids is 1. The largest absolute Gasteiger partial charge is 0.478 e. The molecule has 2 amide bonds. The molecule has 1 heterocycles. The lowest BCUT2D eigenvalue weighted by atomic mass is 10.0. The van der Waals surface area contributed by atoms with Gasteiger partial charge in [-0.15, -0.1) is 0 Å². The first-order valence-corrected chi connectivity index (χ1v) is 10.3. The maximum absolute atomic E-state index is 12.9. The normalized spacial score (nSPS) is 14.4. The molecule has 0 bridgehead atoms. The van der Waals surface area contributed by atoms with Crippen LogP contribution in [0.15, 0.2) is 36.4 Å². The lowest BCUT2D eigenvalue weighted by Gasteiger charge is -2.25. The van der Waals surface area contributed by atoms with Gasteiger partial charge in [0.15, 0.2) is 5.60 Å². The minimum atomic E-state index is -1.31. The molecule has 6 nitrogen and oxygen atoms in total. The number of hydrogen-bond acceptors (Lipinski definition) is 3. The molecule has 6 heteroatoms. The molecule has 1 aliphatic rings. The maximum Gasteiger partial charge on any atom is 0.347 e.